The molecule has 0 fully saturated rings. The maximum Gasteiger partial charge on any atom is 0.138 e. The molecule has 3 N–H and O–H groups in total. The van der Waals surface area contributed by atoms with E-state index in [9.17, 15) is 5.11 Å². The van der Waals surface area contributed by atoms with E-state index in [0.717, 1.165) is 11.4 Å². The summed E-state index contributed by atoms with van der Waals surface area (Å²) in [5, 5.41) is 16.5. The maximum absolute atomic E-state index is 10.1. The smallest absolute Gasteiger partial charge is 0.138 e. The van der Waals surface area contributed by atoms with Gasteiger partial charge in [0.15, 0.2) is 0 Å². The third kappa shape index (κ3) is 3.01. The summed E-state index contributed by atoms with van der Waals surface area (Å²) in [6.45, 7) is 5.43. The van der Waals surface area contributed by atoms with Gasteiger partial charge in [-0.25, -0.2) is 4.98 Å². The number of hydrogen-bond donors (Lipinski definition) is 3. The Bertz CT molecular complexity index is 541. The lowest BCUT2D eigenvalue weighted by molar-refractivity contribution is 0.131. The molecule has 1 aliphatic rings. The Balaban J connectivity index is 2.24. The topological polar surface area (TPSA) is 69.5 Å². The number of rotatable bonds is 3. The van der Waals surface area contributed by atoms with Crippen molar-refractivity contribution < 1.29 is 5.11 Å². The first-order chi connectivity index (χ1) is 9.13. The first-order valence-electron chi connectivity index (χ1n) is 5.80. The quantitative estimate of drug-likeness (QED) is 0.450. The van der Waals surface area contributed by atoms with E-state index in [4.69, 9.17) is 11.6 Å². The number of anilines is 1. The summed E-state index contributed by atoms with van der Waals surface area (Å²) < 4.78 is 0. The van der Waals surface area contributed by atoms with Gasteiger partial charge in [-0.05, 0) is 19.1 Å². The minimum atomic E-state index is -0.879. The predicted molar refractivity (Wildman–Crippen MR) is 77.2 cm³/mol. The van der Waals surface area contributed by atoms with Crippen LogP contribution in [0.4, 0.5) is 5.69 Å². The zero-order valence-electron chi connectivity index (χ0n) is 10.5. The van der Waals surface area contributed by atoms with Crippen LogP contribution in [0.2, 0.25) is 5.15 Å². The van der Waals surface area contributed by atoms with Gasteiger partial charge >= 0.3 is 0 Å². The van der Waals surface area contributed by atoms with E-state index < -0.39 is 6.23 Å². The van der Waals surface area contributed by atoms with Crippen molar-refractivity contribution in [3.63, 3.8) is 0 Å². The van der Waals surface area contributed by atoms with Crippen LogP contribution < -0.4 is 10.6 Å². The molecular weight excluding hydrogens is 264 g/mol. The standard InChI is InChI=1S/C13H15ClN4O/c1-3-4-6-15-8(2)12-17-9-5-7-16-11(14)10(9)13(19)18-12/h3-7,12-13,17-19H,1H2,2H3/b6-4-,15-8+. The van der Waals surface area contributed by atoms with E-state index in [1.54, 1.807) is 30.6 Å². The molecule has 2 unspecified atom stereocenters. The second-order valence-corrected chi connectivity index (χ2v) is 4.42. The number of nitrogens with zero attached hydrogens (tertiary/aromatic N) is 2. The average Bonchev–Trinajstić information content (AvgIpc) is 2.38. The molecule has 2 atom stereocenters. The Morgan fingerprint density at radius 1 is 1.63 bits per heavy atom. The molecule has 0 aromatic carbocycles. The molecule has 0 saturated heterocycles. The molecule has 19 heavy (non-hydrogen) atoms. The van der Waals surface area contributed by atoms with Crippen LogP contribution in [0.3, 0.4) is 0 Å². The van der Waals surface area contributed by atoms with Gasteiger partial charge in [0.05, 0.1) is 11.3 Å². The highest BCUT2D eigenvalue weighted by atomic mass is 35.5. The van der Waals surface area contributed by atoms with Crippen molar-refractivity contribution in [2.24, 2.45) is 4.99 Å². The molecule has 0 amide bonds. The van der Waals surface area contributed by atoms with Crippen LogP contribution in [0.15, 0.2) is 42.2 Å². The molecule has 0 aliphatic carbocycles. The number of pyridine rings is 1. The summed E-state index contributed by atoms with van der Waals surface area (Å²) in [5.41, 5.74) is 2.09. The number of fused-ring (bicyclic) bond motifs is 1. The van der Waals surface area contributed by atoms with Crippen LogP contribution in [0.5, 0.6) is 0 Å². The van der Waals surface area contributed by atoms with Crippen LogP contribution in [0, 0.1) is 0 Å². The predicted octanol–water partition coefficient (Wildman–Crippen LogP) is 2.23. The molecule has 0 saturated carbocycles. The van der Waals surface area contributed by atoms with Gasteiger partial charge in [-0.15, -0.1) is 0 Å². The van der Waals surface area contributed by atoms with Crippen molar-refractivity contribution in [1.82, 2.24) is 10.3 Å². The number of hydrogen-bond acceptors (Lipinski definition) is 5. The number of aliphatic imine (C=N–C) groups is 1. The Morgan fingerprint density at radius 3 is 3.16 bits per heavy atom. The number of nitrogens with one attached hydrogen (secondary N) is 2. The first-order valence-corrected chi connectivity index (χ1v) is 6.18. The summed E-state index contributed by atoms with van der Waals surface area (Å²) in [7, 11) is 0. The summed E-state index contributed by atoms with van der Waals surface area (Å²) in [5.74, 6) is 0. The molecule has 2 heterocycles. The van der Waals surface area contributed by atoms with Crippen molar-refractivity contribution in [1.29, 1.82) is 0 Å². The van der Waals surface area contributed by atoms with E-state index in [2.05, 4.69) is 27.2 Å². The maximum atomic E-state index is 10.1. The second-order valence-electron chi connectivity index (χ2n) is 4.06. The van der Waals surface area contributed by atoms with Crippen molar-refractivity contribution in [3.8, 4) is 0 Å². The molecule has 0 radical (unpaired) electrons. The lowest BCUT2D eigenvalue weighted by Crippen LogP contribution is -2.47. The molecule has 2 rings (SSSR count). The Hall–Kier alpha value is -1.69. The largest absolute Gasteiger partial charge is 0.374 e. The van der Waals surface area contributed by atoms with Crippen LogP contribution in [-0.2, 0) is 0 Å². The van der Waals surface area contributed by atoms with Crippen LogP contribution in [0.1, 0.15) is 18.7 Å². The van der Waals surface area contributed by atoms with Crippen molar-refractivity contribution in [2.75, 3.05) is 5.32 Å². The first kappa shape index (κ1) is 13.7. The summed E-state index contributed by atoms with van der Waals surface area (Å²) in [6.07, 6.45) is 5.47. The van der Waals surface area contributed by atoms with Gasteiger partial charge in [0.1, 0.15) is 17.5 Å². The molecule has 1 aromatic rings. The molecule has 5 nitrogen and oxygen atoms in total. The summed E-state index contributed by atoms with van der Waals surface area (Å²) in [4.78, 5) is 8.19. The number of aromatic nitrogens is 1. The van der Waals surface area contributed by atoms with Gasteiger partial charge in [-0.3, -0.25) is 10.3 Å². The zero-order chi connectivity index (χ0) is 13.8. The van der Waals surface area contributed by atoms with Gasteiger partial charge in [-0.1, -0.05) is 24.3 Å². The van der Waals surface area contributed by atoms with Gasteiger partial charge < -0.3 is 10.4 Å². The average molecular weight is 279 g/mol. The molecule has 1 aromatic heterocycles. The van der Waals surface area contributed by atoms with E-state index in [0.29, 0.717) is 5.56 Å². The van der Waals surface area contributed by atoms with E-state index in [1.807, 2.05) is 6.92 Å². The van der Waals surface area contributed by atoms with Crippen LogP contribution in [-0.4, -0.2) is 22.0 Å². The van der Waals surface area contributed by atoms with Crippen LogP contribution >= 0.6 is 11.6 Å². The lowest BCUT2D eigenvalue weighted by Gasteiger charge is -2.32. The van der Waals surface area contributed by atoms with Gasteiger partial charge in [0.2, 0.25) is 0 Å². The van der Waals surface area contributed by atoms with E-state index in [-0.39, 0.29) is 11.3 Å². The number of allylic oxidation sites excluding steroid dienone is 2. The highest BCUT2D eigenvalue weighted by Crippen LogP contribution is 2.31. The molecule has 6 heteroatoms. The number of aliphatic hydroxyl groups excluding tert-OH is 1. The monoisotopic (exact) mass is 278 g/mol. The van der Waals surface area contributed by atoms with Crippen molar-refractivity contribution >= 4 is 23.0 Å². The number of halogens is 1. The SMILES string of the molecule is C=C/C=C\N=C(/C)C1Nc2ccnc(Cl)c2C(O)N1. The molecular formula is C13H15ClN4O. The second kappa shape index (κ2) is 5.97. The number of aliphatic hydroxyl groups is 1. The fourth-order valence-electron chi connectivity index (χ4n) is 1.79. The Morgan fingerprint density at radius 2 is 2.42 bits per heavy atom. The zero-order valence-corrected chi connectivity index (χ0v) is 11.2. The van der Waals surface area contributed by atoms with Crippen molar-refractivity contribution in [2.45, 2.75) is 19.3 Å². The van der Waals surface area contributed by atoms with Gasteiger partial charge in [0, 0.05) is 18.1 Å². The van der Waals surface area contributed by atoms with Crippen LogP contribution in [0.25, 0.3) is 0 Å². The van der Waals surface area contributed by atoms with Gasteiger partial charge in [0.25, 0.3) is 0 Å². The van der Waals surface area contributed by atoms with E-state index >= 15 is 0 Å². The molecule has 1 aliphatic heterocycles. The highest BCUT2D eigenvalue weighted by molar-refractivity contribution is 6.30. The lowest BCUT2D eigenvalue weighted by atomic mass is 10.1. The molecule has 0 bridgehead atoms. The third-order valence-electron chi connectivity index (χ3n) is 2.76. The molecule has 100 valence electrons. The minimum Gasteiger partial charge on any atom is -0.374 e. The fourth-order valence-corrected chi connectivity index (χ4v) is 2.05. The summed E-state index contributed by atoms with van der Waals surface area (Å²) in [6, 6.07) is 1.77. The third-order valence-corrected chi connectivity index (χ3v) is 3.06. The van der Waals surface area contributed by atoms with Crippen molar-refractivity contribution in [3.05, 3.63) is 47.9 Å². The highest BCUT2D eigenvalue weighted by Gasteiger charge is 2.27. The Kier molecular flexibility index (Phi) is 4.31. The summed E-state index contributed by atoms with van der Waals surface area (Å²) >= 11 is 5.96. The minimum absolute atomic E-state index is 0.268. The normalized spacial score (nSPS) is 23.0. The molecule has 0 spiro atoms. The fraction of sp³-hybridized carbons (Fsp3) is 0.231. The Labute approximate surface area is 116 Å². The van der Waals surface area contributed by atoms with Gasteiger partial charge in [-0.2, -0.15) is 0 Å². The van der Waals surface area contributed by atoms with E-state index in [1.165, 1.54) is 0 Å².